The van der Waals surface area contributed by atoms with Gasteiger partial charge in [0.25, 0.3) is 0 Å². The summed E-state index contributed by atoms with van der Waals surface area (Å²) in [5, 5.41) is 2.17. The number of benzene rings is 1. The van der Waals surface area contributed by atoms with E-state index in [0.717, 1.165) is 36.3 Å². The van der Waals surface area contributed by atoms with Crippen molar-refractivity contribution in [3.05, 3.63) is 29.8 Å². The summed E-state index contributed by atoms with van der Waals surface area (Å²) in [5.41, 5.74) is -0.287. The van der Waals surface area contributed by atoms with Crippen LogP contribution in [0.25, 0.3) is 0 Å². The van der Waals surface area contributed by atoms with E-state index in [9.17, 15) is 28.0 Å². The molecule has 0 aromatic heterocycles. The summed E-state index contributed by atoms with van der Waals surface area (Å²) in [6, 6.07) is 1.37. The van der Waals surface area contributed by atoms with Gasteiger partial charge in [0.05, 0.1) is 5.69 Å². The number of halogens is 2. The molecule has 9 heteroatoms. The zero-order valence-electron chi connectivity index (χ0n) is 14.7. The van der Waals surface area contributed by atoms with Crippen molar-refractivity contribution in [2.45, 2.75) is 38.6 Å². The molecule has 0 bridgehead atoms. The Bertz CT molecular complexity index is 814. The topological polar surface area (TPSA) is 86.8 Å². The molecular formula is C18H19F2N3O4. The SMILES string of the molecule is C[C@@H]1CCCC[C@@H]1N1C(=O)C(=O)N(CC(=O)Nc2ccc(F)cc2F)C1=O. The second-order valence-corrected chi connectivity index (χ2v) is 6.85. The minimum atomic E-state index is -1.08. The average Bonchev–Trinajstić information content (AvgIpc) is 2.82. The van der Waals surface area contributed by atoms with Gasteiger partial charge in [-0.3, -0.25) is 19.3 Å². The molecule has 0 unspecified atom stereocenters. The molecule has 0 radical (unpaired) electrons. The van der Waals surface area contributed by atoms with E-state index in [-0.39, 0.29) is 17.6 Å². The average molecular weight is 379 g/mol. The van der Waals surface area contributed by atoms with Crippen LogP contribution in [0.3, 0.4) is 0 Å². The first-order valence-corrected chi connectivity index (χ1v) is 8.73. The molecule has 5 amide bonds. The van der Waals surface area contributed by atoms with Crippen LogP contribution < -0.4 is 5.32 Å². The van der Waals surface area contributed by atoms with Crippen molar-refractivity contribution in [1.29, 1.82) is 0 Å². The number of rotatable bonds is 4. The van der Waals surface area contributed by atoms with Gasteiger partial charge in [-0.15, -0.1) is 0 Å². The van der Waals surface area contributed by atoms with Crippen LogP contribution in [-0.4, -0.2) is 46.1 Å². The Morgan fingerprint density at radius 3 is 2.52 bits per heavy atom. The molecule has 27 heavy (non-hydrogen) atoms. The van der Waals surface area contributed by atoms with Gasteiger partial charge >= 0.3 is 17.8 Å². The Morgan fingerprint density at radius 1 is 1.15 bits per heavy atom. The van der Waals surface area contributed by atoms with E-state index in [1.165, 1.54) is 0 Å². The van der Waals surface area contributed by atoms with E-state index >= 15 is 0 Å². The second kappa shape index (κ2) is 7.42. The maximum atomic E-state index is 13.6. The highest BCUT2D eigenvalue weighted by atomic mass is 19.1. The van der Waals surface area contributed by atoms with Gasteiger partial charge in [-0.1, -0.05) is 19.8 Å². The molecule has 2 aliphatic rings. The van der Waals surface area contributed by atoms with Crippen molar-refractivity contribution in [3.63, 3.8) is 0 Å². The molecule has 2 atom stereocenters. The Hall–Kier alpha value is -2.84. The minimum absolute atomic E-state index is 0.0709. The lowest BCUT2D eigenvalue weighted by Gasteiger charge is -2.34. The molecule has 0 spiro atoms. The number of hydrogen-bond acceptors (Lipinski definition) is 4. The predicted octanol–water partition coefficient (Wildman–Crippen LogP) is 2.27. The van der Waals surface area contributed by atoms with Crippen LogP contribution in [0.1, 0.15) is 32.6 Å². The Labute approximate surface area is 154 Å². The van der Waals surface area contributed by atoms with Crippen LogP contribution in [0.2, 0.25) is 0 Å². The lowest BCUT2D eigenvalue weighted by atomic mass is 9.85. The van der Waals surface area contributed by atoms with Gasteiger partial charge in [0, 0.05) is 12.1 Å². The first-order valence-electron chi connectivity index (χ1n) is 8.73. The summed E-state index contributed by atoms with van der Waals surface area (Å²) in [4.78, 5) is 50.6. The smallest absolute Gasteiger partial charge is 0.322 e. The van der Waals surface area contributed by atoms with Gasteiger partial charge in [-0.25, -0.2) is 18.5 Å². The van der Waals surface area contributed by atoms with E-state index in [0.29, 0.717) is 17.4 Å². The summed E-state index contributed by atoms with van der Waals surface area (Å²) < 4.78 is 26.5. The standard InChI is InChI=1S/C18H19F2N3O4/c1-10-4-2-3-5-14(10)23-17(26)16(25)22(18(23)27)9-15(24)21-13-7-6-11(19)8-12(13)20/h6-8,10,14H,2-5,9H2,1H3,(H,21,24)/t10-,14+/m1/s1. The first-order chi connectivity index (χ1) is 12.8. The molecule has 1 saturated heterocycles. The number of nitrogens with one attached hydrogen (secondary N) is 1. The highest BCUT2D eigenvalue weighted by Crippen LogP contribution is 2.31. The maximum Gasteiger partial charge on any atom is 0.334 e. The largest absolute Gasteiger partial charge is 0.334 e. The third-order valence-electron chi connectivity index (χ3n) is 4.99. The zero-order chi connectivity index (χ0) is 19.7. The number of carbonyl (C=O) groups excluding carboxylic acids is 4. The number of nitrogens with zero attached hydrogens (tertiary/aromatic N) is 2. The summed E-state index contributed by atoms with van der Waals surface area (Å²) in [7, 11) is 0. The van der Waals surface area contributed by atoms with Crippen molar-refractivity contribution < 1.29 is 28.0 Å². The van der Waals surface area contributed by atoms with Gasteiger partial charge in [0.15, 0.2) is 0 Å². The molecule has 1 N–H and O–H groups in total. The highest BCUT2D eigenvalue weighted by molar-refractivity contribution is 6.45. The van der Waals surface area contributed by atoms with Crippen LogP contribution in [0.15, 0.2) is 18.2 Å². The van der Waals surface area contributed by atoms with Crippen molar-refractivity contribution in [3.8, 4) is 0 Å². The molecule has 1 aromatic carbocycles. The highest BCUT2D eigenvalue weighted by Gasteiger charge is 2.49. The number of amides is 5. The van der Waals surface area contributed by atoms with Crippen LogP contribution in [0.5, 0.6) is 0 Å². The van der Waals surface area contributed by atoms with Gasteiger partial charge in [0.1, 0.15) is 18.2 Å². The van der Waals surface area contributed by atoms with E-state index in [4.69, 9.17) is 0 Å². The monoisotopic (exact) mass is 379 g/mol. The van der Waals surface area contributed by atoms with E-state index in [2.05, 4.69) is 5.32 Å². The Balaban J connectivity index is 1.71. The van der Waals surface area contributed by atoms with Crippen molar-refractivity contribution in [2.75, 3.05) is 11.9 Å². The summed E-state index contributed by atoms with van der Waals surface area (Å²) >= 11 is 0. The maximum absolute atomic E-state index is 13.6. The quantitative estimate of drug-likeness (QED) is 0.642. The van der Waals surface area contributed by atoms with Crippen molar-refractivity contribution in [1.82, 2.24) is 9.80 Å². The molecule has 1 heterocycles. The molecule has 144 valence electrons. The number of imide groups is 2. The van der Waals surface area contributed by atoms with E-state index < -0.39 is 41.9 Å². The predicted molar refractivity (Wildman–Crippen MR) is 90.4 cm³/mol. The third kappa shape index (κ3) is 3.67. The van der Waals surface area contributed by atoms with Crippen LogP contribution in [0.4, 0.5) is 19.3 Å². The number of carbonyl (C=O) groups is 4. The van der Waals surface area contributed by atoms with Gasteiger partial charge in [-0.05, 0) is 30.9 Å². The number of hydrogen-bond donors (Lipinski definition) is 1. The van der Waals surface area contributed by atoms with Crippen LogP contribution in [-0.2, 0) is 14.4 Å². The van der Waals surface area contributed by atoms with Crippen LogP contribution >= 0.6 is 0 Å². The van der Waals surface area contributed by atoms with E-state index in [1.807, 2.05) is 6.92 Å². The van der Waals surface area contributed by atoms with Crippen LogP contribution in [0, 0.1) is 17.6 Å². The third-order valence-corrected chi connectivity index (χ3v) is 4.99. The Kier molecular flexibility index (Phi) is 5.20. The molecule has 1 aliphatic carbocycles. The molecule has 3 rings (SSSR count). The lowest BCUT2D eigenvalue weighted by Crippen LogP contribution is -2.46. The second-order valence-electron chi connectivity index (χ2n) is 6.85. The van der Waals surface area contributed by atoms with Gasteiger partial charge < -0.3 is 5.32 Å². The lowest BCUT2D eigenvalue weighted by molar-refractivity contribution is -0.145. The van der Waals surface area contributed by atoms with Crippen molar-refractivity contribution >= 4 is 29.4 Å². The Morgan fingerprint density at radius 2 is 1.85 bits per heavy atom. The molecule has 1 saturated carbocycles. The number of anilines is 1. The fourth-order valence-electron chi connectivity index (χ4n) is 3.56. The zero-order valence-corrected chi connectivity index (χ0v) is 14.7. The summed E-state index contributed by atoms with van der Waals surface area (Å²) in [6.45, 7) is 1.19. The molecular weight excluding hydrogens is 360 g/mol. The first kappa shape index (κ1) is 18.9. The fraction of sp³-hybridized carbons (Fsp3) is 0.444. The fourth-order valence-corrected chi connectivity index (χ4v) is 3.56. The van der Waals surface area contributed by atoms with Gasteiger partial charge in [-0.2, -0.15) is 0 Å². The molecule has 1 aromatic rings. The van der Waals surface area contributed by atoms with Crippen molar-refractivity contribution in [2.24, 2.45) is 5.92 Å². The normalized spacial score (nSPS) is 23.1. The van der Waals surface area contributed by atoms with Gasteiger partial charge in [0.2, 0.25) is 5.91 Å². The molecule has 7 nitrogen and oxygen atoms in total. The minimum Gasteiger partial charge on any atom is -0.322 e. The summed E-state index contributed by atoms with van der Waals surface area (Å²) in [5.74, 6) is -4.61. The van der Waals surface area contributed by atoms with E-state index in [1.54, 1.807) is 0 Å². The number of urea groups is 1. The summed E-state index contributed by atoms with van der Waals surface area (Å²) in [6.07, 6.45) is 3.31. The molecule has 2 fully saturated rings. The molecule has 1 aliphatic heterocycles.